The summed E-state index contributed by atoms with van der Waals surface area (Å²) in [6.07, 6.45) is 6.64. The molecule has 3 aliphatic carbocycles. The Morgan fingerprint density at radius 2 is 1.73 bits per heavy atom. The van der Waals surface area contributed by atoms with Crippen molar-refractivity contribution >= 4 is 8.32 Å². The first-order chi connectivity index (χ1) is 9.87. The standard InChI is InChI=1S/C20H36OSi/c1-18(2,3)22(7,8)21-16-10-9-15-17-14(16)11-12-20(17,6)13-19(15,4)5/h15,17H,9-13H2,1-8H3/t15?,17-,20+/m1/s1. The SMILES string of the molecule is CC1(C)C[C@]2(C)CCC3=C(O[Si](C)(C)C(C)(C)C)CCC1[C@@H]32. The van der Waals surface area contributed by atoms with E-state index in [9.17, 15) is 0 Å². The summed E-state index contributed by atoms with van der Waals surface area (Å²) < 4.78 is 6.81. The fourth-order valence-electron chi connectivity index (χ4n) is 5.60. The zero-order chi connectivity index (χ0) is 16.6. The van der Waals surface area contributed by atoms with Gasteiger partial charge < -0.3 is 4.43 Å². The first kappa shape index (κ1) is 16.6. The Labute approximate surface area is 139 Å². The molecule has 2 saturated carbocycles. The Balaban J connectivity index is 1.94. The van der Waals surface area contributed by atoms with Crippen molar-refractivity contribution in [3.05, 3.63) is 11.3 Å². The zero-order valence-corrected chi connectivity index (χ0v) is 17.1. The van der Waals surface area contributed by atoms with Crippen LogP contribution in [0.1, 0.15) is 73.6 Å². The summed E-state index contributed by atoms with van der Waals surface area (Å²) in [6, 6.07) is 0. The van der Waals surface area contributed by atoms with E-state index in [4.69, 9.17) is 4.43 Å². The molecule has 0 radical (unpaired) electrons. The van der Waals surface area contributed by atoms with Crippen molar-refractivity contribution < 1.29 is 4.43 Å². The van der Waals surface area contributed by atoms with Crippen LogP contribution in [0, 0.1) is 22.7 Å². The van der Waals surface area contributed by atoms with E-state index in [1.165, 1.54) is 37.9 Å². The second-order valence-electron chi connectivity index (χ2n) is 10.8. The van der Waals surface area contributed by atoms with Crippen molar-refractivity contribution in [3.8, 4) is 0 Å². The fraction of sp³-hybridized carbons (Fsp3) is 0.900. The minimum absolute atomic E-state index is 0.300. The fourth-order valence-corrected chi connectivity index (χ4v) is 6.75. The molecule has 3 aliphatic rings. The maximum atomic E-state index is 6.81. The predicted octanol–water partition coefficient (Wildman–Crippen LogP) is 6.52. The van der Waals surface area contributed by atoms with Gasteiger partial charge in [-0.3, -0.25) is 0 Å². The van der Waals surface area contributed by atoms with E-state index in [0.717, 1.165) is 11.8 Å². The van der Waals surface area contributed by atoms with Gasteiger partial charge in [-0.25, -0.2) is 0 Å². The highest BCUT2D eigenvalue weighted by Crippen LogP contribution is 2.68. The Hall–Kier alpha value is -0.243. The third-order valence-corrected chi connectivity index (χ3v) is 12.0. The first-order valence-electron chi connectivity index (χ1n) is 9.28. The molecule has 2 fully saturated rings. The molecule has 0 N–H and O–H groups in total. The molecule has 0 bridgehead atoms. The van der Waals surface area contributed by atoms with Gasteiger partial charge in [0.2, 0.25) is 8.32 Å². The van der Waals surface area contributed by atoms with E-state index in [2.05, 4.69) is 54.6 Å². The summed E-state index contributed by atoms with van der Waals surface area (Å²) in [7, 11) is -1.69. The molecule has 0 heterocycles. The van der Waals surface area contributed by atoms with Gasteiger partial charge in [-0.2, -0.15) is 0 Å². The lowest BCUT2D eigenvalue weighted by Crippen LogP contribution is -2.41. The number of rotatable bonds is 2. The molecule has 126 valence electrons. The van der Waals surface area contributed by atoms with Crippen LogP contribution in [-0.2, 0) is 4.43 Å². The van der Waals surface area contributed by atoms with E-state index in [0.29, 0.717) is 15.9 Å². The third kappa shape index (κ3) is 2.32. The van der Waals surface area contributed by atoms with Crippen molar-refractivity contribution in [1.82, 2.24) is 0 Å². The Morgan fingerprint density at radius 1 is 1.09 bits per heavy atom. The average molecular weight is 321 g/mol. The second kappa shape index (κ2) is 4.65. The van der Waals surface area contributed by atoms with Crippen LogP contribution in [0.3, 0.4) is 0 Å². The van der Waals surface area contributed by atoms with Crippen molar-refractivity contribution in [2.75, 3.05) is 0 Å². The van der Waals surface area contributed by atoms with Crippen LogP contribution in [-0.4, -0.2) is 8.32 Å². The maximum absolute atomic E-state index is 6.81. The van der Waals surface area contributed by atoms with E-state index in [-0.39, 0.29) is 0 Å². The summed E-state index contributed by atoms with van der Waals surface area (Å²) >= 11 is 0. The lowest BCUT2D eigenvalue weighted by atomic mass is 9.70. The monoisotopic (exact) mass is 320 g/mol. The highest BCUT2D eigenvalue weighted by atomic mass is 28.4. The van der Waals surface area contributed by atoms with Gasteiger partial charge in [0.05, 0.1) is 5.76 Å². The first-order valence-corrected chi connectivity index (χ1v) is 12.2. The molecule has 0 amide bonds. The van der Waals surface area contributed by atoms with E-state index in [1.54, 1.807) is 5.57 Å². The molecule has 0 spiro atoms. The molecule has 22 heavy (non-hydrogen) atoms. The smallest absolute Gasteiger partial charge is 0.250 e. The van der Waals surface area contributed by atoms with Gasteiger partial charge in [0, 0.05) is 6.42 Å². The molecule has 3 rings (SSSR count). The Bertz CT molecular complexity index is 508. The lowest BCUT2D eigenvalue weighted by molar-refractivity contribution is 0.186. The van der Waals surface area contributed by atoms with E-state index in [1.807, 2.05) is 0 Å². The van der Waals surface area contributed by atoms with Gasteiger partial charge in [-0.1, -0.05) is 41.5 Å². The van der Waals surface area contributed by atoms with Crippen LogP contribution >= 0.6 is 0 Å². The molecule has 1 unspecified atom stereocenters. The molecular weight excluding hydrogens is 284 g/mol. The quantitative estimate of drug-likeness (QED) is 0.526. The summed E-state index contributed by atoms with van der Waals surface area (Å²) in [5.74, 6) is 3.13. The molecule has 3 atom stereocenters. The molecule has 0 aromatic heterocycles. The lowest BCUT2D eigenvalue weighted by Gasteiger charge is -2.42. The minimum Gasteiger partial charge on any atom is -0.547 e. The molecule has 0 aromatic carbocycles. The third-order valence-electron chi connectivity index (χ3n) is 7.58. The van der Waals surface area contributed by atoms with Crippen LogP contribution in [0.4, 0.5) is 0 Å². The van der Waals surface area contributed by atoms with Gasteiger partial charge in [-0.05, 0) is 72.1 Å². The van der Waals surface area contributed by atoms with Crippen molar-refractivity contribution in [1.29, 1.82) is 0 Å². The topological polar surface area (TPSA) is 9.23 Å². The van der Waals surface area contributed by atoms with Crippen molar-refractivity contribution in [2.24, 2.45) is 22.7 Å². The van der Waals surface area contributed by atoms with Gasteiger partial charge in [-0.15, -0.1) is 0 Å². The largest absolute Gasteiger partial charge is 0.547 e. The number of hydrogen-bond donors (Lipinski definition) is 0. The minimum atomic E-state index is -1.69. The van der Waals surface area contributed by atoms with Crippen LogP contribution in [0.2, 0.25) is 18.1 Å². The van der Waals surface area contributed by atoms with E-state index < -0.39 is 8.32 Å². The Kier molecular flexibility index (Phi) is 3.51. The molecule has 0 saturated heterocycles. The molecule has 0 aromatic rings. The average Bonchev–Trinajstić information content (AvgIpc) is 2.74. The van der Waals surface area contributed by atoms with Crippen LogP contribution in [0.15, 0.2) is 11.3 Å². The Morgan fingerprint density at radius 3 is 2.32 bits per heavy atom. The van der Waals surface area contributed by atoms with E-state index >= 15 is 0 Å². The molecule has 2 heteroatoms. The van der Waals surface area contributed by atoms with Gasteiger partial charge in [0.25, 0.3) is 0 Å². The summed E-state index contributed by atoms with van der Waals surface area (Å²) in [6.45, 7) is 19.5. The number of hydrogen-bond acceptors (Lipinski definition) is 1. The number of allylic oxidation sites excluding steroid dienone is 2. The molecule has 1 nitrogen and oxygen atoms in total. The van der Waals surface area contributed by atoms with Crippen LogP contribution < -0.4 is 0 Å². The maximum Gasteiger partial charge on any atom is 0.250 e. The van der Waals surface area contributed by atoms with Crippen molar-refractivity contribution in [2.45, 2.75) is 91.8 Å². The zero-order valence-electron chi connectivity index (χ0n) is 16.1. The highest BCUT2D eigenvalue weighted by molar-refractivity contribution is 6.74. The molecule has 0 aliphatic heterocycles. The highest BCUT2D eigenvalue weighted by Gasteiger charge is 2.60. The summed E-state index contributed by atoms with van der Waals surface area (Å²) in [5.41, 5.74) is 2.80. The van der Waals surface area contributed by atoms with Gasteiger partial charge in [0.1, 0.15) is 0 Å². The predicted molar refractivity (Wildman–Crippen MR) is 97.3 cm³/mol. The summed E-state index contributed by atoms with van der Waals surface area (Å²) in [5, 5.41) is 0.300. The van der Waals surface area contributed by atoms with Gasteiger partial charge >= 0.3 is 0 Å². The van der Waals surface area contributed by atoms with Crippen LogP contribution in [0.5, 0.6) is 0 Å². The van der Waals surface area contributed by atoms with Crippen LogP contribution in [0.25, 0.3) is 0 Å². The summed E-state index contributed by atoms with van der Waals surface area (Å²) in [4.78, 5) is 0. The molecular formula is C20H36OSi. The normalized spacial score (nSPS) is 37.5. The van der Waals surface area contributed by atoms with Gasteiger partial charge in [0.15, 0.2) is 0 Å². The second-order valence-corrected chi connectivity index (χ2v) is 15.5. The van der Waals surface area contributed by atoms with Crippen molar-refractivity contribution in [3.63, 3.8) is 0 Å².